The summed E-state index contributed by atoms with van der Waals surface area (Å²) in [5.74, 6) is -1.37. The number of carbonyl (C=O) groups is 1. The number of Topliss-reactive ketones (excluding diaryl/α,β-unsaturated/α-hetero) is 1. The number of rotatable bonds is 6. The molecule has 0 aliphatic carbocycles. The van der Waals surface area contributed by atoms with Crippen LogP contribution in [-0.2, 0) is 16.6 Å². The van der Waals surface area contributed by atoms with Crippen molar-refractivity contribution in [2.45, 2.75) is 11.4 Å². The number of oxazole rings is 1. The Morgan fingerprint density at radius 3 is 2.57 bits per heavy atom. The van der Waals surface area contributed by atoms with Gasteiger partial charge in [-0.3, -0.25) is 19.5 Å². The third kappa shape index (κ3) is 3.44. The van der Waals surface area contributed by atoms with Crippen LogP contribution in [0.3, 0.4) is 0 Å². The number of benzene rings is 2. The first-order chi connectivity index (χ1) is 13.1. The average Bonchev–Trinajstić information content (AvgIpc) is 2.96. The van der Waals surface area contributed by atoms with E-state index in [4.69, 9.17) is 4.42 Å². The maximum absolute atomic E-state index is 12.5. The summed E-state index contributed by atoms with van der Waals surface area (Å²) in [6.45, 7) is -0.410. The zero-order chi connectivity index (χ0) is 20.6. The lowest BCUT2D eigenvalue weighted by Gasteiger charge is -2.10. The molecule has 0 aliphatic rings. The number of aromatic nitrogens is 1. The Kier molecular flexibility index (Phi) is 4.87. The summed E-state index contributed by atoms with van der Waals surface area (Å²) >= 11 is 0. The minimum absolute atomic E-state index is 0.0137. The Labute approximate surface area is 158 Å². The van der Waals surface area contributed by atoms with Crippen molar-refractivity contribution in [3.8, 4) is 0 Å². The van der Waals surface area contributed by atoms with E-state index in [2.05, 4.69) is 0 Å². The monoisotopic (exact) mass is 405 g/mol. The Balaban J connectivity index is 1.99. The molecule has 0 radical (unpaired) electrons. The Hall–Kier alpha value is -3.31. The molecule has 146 valence electrons. The number of fused-ring (bicyclic) bond motifs is 1. The Morgan fingerprint density at radius 1 is 1.21 bits per heavy atom. The van der Waals surface area contributed by atoms with Gasteiger partial charge in [-0.25, -0.2) is 17.5 Å². The highest BCUT2D eigenvalue weighted by molar-refractivity contribution is 7.89. The van der Waals surface area contributed by atoms with Gasteiger partial charge < -0.3 is 4.42 Å². The van der Waals surface area contributed by atoms with Crippen LogP contribution in [0, 0.1) is 10.1 Å². The Morgan fingerprint density at radius 2 is 1.93 bits per heavy atom. The number of ketones is 1. The summed E-state index contributed by atoms with van der Waals surface area (Å²) < 4.78 is 31.6. The van der Waals surface area contributed by atoms with Crippen molar-refractivity contribution in [3.05, 3.63) is 68.7 Å². The van der Waals surface area contributed by atoms with E-state index in [1.807, 2.05) is 0 Å². The molecule has 11 heteroatoms. The molecule has 10 nitrogen and oxygen atoms in total. The predicted octanol–water partition coefficient (Wildman–Crippen LogP) is 1.64. The summed E-state index contributed by atoms with van der Waals surface area (Å²) in [6, 6.07) is 9.05. The molecule has 3 aromatic rings. The van der Waals surface area contributed by atoms with Crippen LogP contribution in [0.1, 0.15) is 10.4 Å². The predicted molar refractivity (Wildman–Crippen MR) is 98.8 cm³/mol. The molecule has 0 bridgehead atoms. The highest BCUT2D eigenvalue weighted by Gasteiger charge is 2.21. The molecule has 0 aliphatic heterocycles. The molecule has 0 saturated heterocycles. The molecule has 1 aromatic heterocycles. The first-order valence-corrected chi connectivity index (χ1v) is 9.39. The van der Waals surface area contributed by atoms with Crippen molar-refractivity contribution in [2.75, 3.05) is 14.1 Å². The van der Waals surface area contributed by atoms with E-state index in [9.17, 15) is 28.1 Å². The van der Waals surface area contributed by atoms with Gasteiger partial charge in [-0.1, -0.05) is 12.1 Å². The molecule has 0 N–H and O–H groups in total. The fourth-order valence-corrected chi connectivity index (χ4v) is 3.51. The van der Waals surface area contributed by atoms with Crippen LogP contribution in [0.5, 0.6) is 0 Å². The highest BCUT2D eigenvalue weighted by Crippen LogP contribution is 2.21. The summed E-state index contributed by atoms with van der Waals surface area (Å²) in [5.41, 5.74) is 0.0808. The number of sulfonamides is 1. The van der Waals surface area contributed by atoms with Gasteiger partial charge in [0.1, 0.15) is 0 Å². The number of hydrogen-bond acceptors (Lipinski definition) is 7. The van der Waals surface area contributed by atoms with E-state index in [0.29, 0.717) is 0 Å². The molecule has 0 spiro atoms. The van der Waals surface area contributed by atoms with Crippen molar-refractivity contribution < 1.29 is 22.6 Å². The SMILES string of the molecule is CN(C)S(=O)(=O)c1ccc2c(c1)oc(=O)n2CC(=O)c1cccc([N+](=O)[O-])c1. The lowest BCUT2D eigenvalue weighted by Crippen LogP contribution is -2.22. The summed E-state index contributed by atoms with van der Waals surface area (Å²) in [4.78, 5) is 34.8. The number of carbonyl (C=O) groups excluding carboxylic acids is 1. The largest absolute Gasteiger partial charge is 0.420 e. The van der Waals surface area contributed by atoms with Gasteiger partial charge in [0.05, 0.1) is 21.9 Å². The lowest BCUT2D eigenvalue weighted by molar-refractivity contribution is -0.384. The smallest absolute Gasteiger partial charge is 0.408 e. The maximum Gasteiger partial charge on any atom is 0.420 e. The number of non-ortho nitro benzene ring substituents is 1. The topological polar surface area (TPSA) is 133 Å². The van der Waals surface area contributed by atoms with Crippen LogP contribution in [0.25, 0.3) is 11.1 Å². The second-order valence-corrected chi connectivity index (χ2v) is 8.25. The van der Waals surface area contributed by atoms with Crippen LogP contribution < -0.4 is 5.76 Å². The van der Waals surface area contributed by atoms with Crippen LogP contribution in [0.4, 0.5) is 5.69 Å². The van der Waals surface area contributed by atoms with Crippen molar-refractivity contribution in [2.24, 2.45) is 0 Å². The Bertz CT molecular complexity index is 1260. The minimum Gasteiger partial charge on any atom is -0.408 e. The maximum atomic E-state index is 12.5. The second-order valence-electron chi connectivity index (χ2n) is 6.10. The van der Waals surface area contributed by atoms with Crippen LogP contribution >= 0.6 is 0 Å². The standard InChI is InChI=1S/C17H15N3O7S/c1-18(2)28(25,26)13-6-7-14-16(9-13)27-17(22)19(14)10-15(21)11-4-3-5-12(8-11)20(23)24/h3-9H,10H2,1-2H3. The van der Waals surface area contributed by atoms with Gasteiger partial charge in [0.25, 0.3) is 5.69 Å². The van der Waals surface area contributed by atoms with Crippen LogP contribution in [0.2, 0.25) is 0 Å². The number of hydrogen-bond donors (Lipinski definition) is 0. The fraction of sp³-hybridized carbons (Fsp3) is 0.176. The summed E-state index contributed by atoms with van der Waals surface area (Å²) in [5, 5.41) is 10.9. The minimum atomic E-state index is -3.72. The number of nitro benzene ring substituents is 1. The lowest BCUT2D eigenvalue weighted by atomic mass is 10.1. The fourth-order valence-electron chi connectivity index (χ4n) is 2.60. The zero-order valence-corrected chi connectivity index (χ0v) is 15.7. The van der Waals surface area contributed by atoms with Crippen molar-refractivity contribution in [1.29, 1.82) is 0 Å². The number of nitro groups is 1. The molecule has 3 rings (SSSR count). The molecule has 0 unspecified atom stereocenters. The van der Waals surface area contributed by atoms with Gasteiger partial charge >= 0.3 is 5.76 Å². The second kappa shape index (κ2) is 7.02. The van der Waals surface area contributed by atoms with Crippen LogP contribution in [-0.4, -0.2) is 42.1 Å². The highest BCUT2D eigenvalue weighted by atomic mass is 32.2. The molecule has 1 heterocycles. The van der Waals surface area contributed by atoms with Gasteiger partial charge in [-0.15, -0.1) is 0 Å². The van der Waals surface area contributed by atoms with Gasteiger partial charge in [0.15, 0.2) is 11.4 Å². The molecule has 28 heavy (non-hydrogen) atoms. The zero-order valence-electron chi connectivity index (χ0n) is 14.9. The van der Waals surface area contributed by atoms with Gasteiger partial charge in [0, 0.05) is 37.9 Å². The number of nitrogens with zero attached hydrogens (tertiary/aromatic N) is 3. The third-order valence-electron chi connectivity index (χ3n) is 4.10. The molecule has 0 atom stereocenters. The van der Waals surface area contributed by atoms with Gasteiger partial charge in [-0.2, -0.15) is 0 Å². The first kappa shape index (κ1) is 19.5. The van der Waals surface area contributed by atoms with E-state index in [1.165, 1.54) is 50.5 Å². The van der Waals surface area contributed by atoms with E-state index in [0.717, 1.165) is 14.9 Å². The molecule has 0 saturated carbocycles. The van der Waals surface area contributed by atoms with Crippen molar-refractivity contribution >= 4 is 32.6 Å². The molecular weight excluding hydrogens is 390 g/mol. The molecule has 0 amide bonds. The van der Waals surface area contributed by atoms with Crippen molar-refractivity contribution in [3.63, 3.8) is 0 Å². The summed E-state index contributed by atoms with van der Waals surface area (Å²) in [7, 11) is -0.972. The van der Waals surface area contributed by atoms with Gasteiger partial charge in [0.2, 0.25) is 10.0 Å². The molecule has 2 aromatic carbocycles. The molecule has 0 fully saturated rings. The van der Waals surface area contributed by atoms with E-state index >= 15 is 0 Å². The normalized spacial score (nSPS) is 11.8. The van der Waals surface area contributed by atoms with Crippen LogP contribution in [0.15, 0.2) is 56.6 Å². The van der Waals surface area contributed by atoms with E-state index in [-0.39, 0.29) is 27.2 Å². The quantitative estimate of drug-likeness (QED) is 0.346. The first-order valence-electron chi connectivity index (χ1n) is 7.95. The van der Waals surface area contributed by atoms with E-state index < -0.39 is 33.0 Å². The molecular formula is C17H15N3O7S. The van der Waals surface area contributed by atoms with Crippen molar-refractivity contribution in [1.82, 2.24) is 8.87 Å². The average molecular weight is 405 g/mol. The summed E-state index contributed by atoms with van der Waals surface area (Å²) in [6.07, 6.45) is 0. The third-order valence-corrected chi connectivity index (χ3v) is 5.91. The van der Waals surface area contributed by atoms with Gasteiger partial charge in [-0.05, 0) is 12.1 Å². The van der Waals surface area contributed by atoms with E-state index in [1.54, 1.807) is 0 Å².